The Morgan fingerprint density at radius 1 is 1.50 bits per heavy atom. The molecule has 14 heavy (non-hydrogen) atoms. The Balaban J connectivity index is 2.68. The largest absolute Gasteiger partial charge is 0.334 e. The molecule has 2 heterocycles. The molecule has 0 spiro atoms. The highest BCUT2D eigenvalue weighted by Crippen LogP contribution is 2.20. The van der Waals surface area contributed by atoms with Crippen molar-refractivity contribution in [2.75, 3.05) is 0 Å². The second-order valence-corrected chi connectivity index (χ2v) is 3.75. The van der Waals surface area contributed by atoms with Gasteiger partial charge in [0.15, 0.2) is 0 Å². The molecule has 0 radical (unpaired) electrons. The highest BCUT2D eigenvalue weighted by Gasteiger charge is 2.08. The summed E-state index contributed by atoms with van der Waals surface area (Å²) in [4.78, 5) is 8.61. The summed E-state index contributed by atoms with van der Waals surface area (Å²) >= 11 is 5.94. The third kappa shape index (κ3) is 1.48. The van der Waals surface area contributed by atoms with Crippen molar-refractivity contribution in [3.63, 3.8) is 0 Å². The summed E-state index contributed by atoms with van der Waals surface area (Å²) in [7, 11) is 1.96. The molecule has 0 N–H and O–H groups in total. The Kier molecular flexibility index (Phi) is 2.42. The van der Waals surface area contributed by atoms with E-state index >= 15 is 0 Å². The van der Waals surface area contributed by atoms with Crippen LogP contribution in [0.25, 0.3) is 11.0 Å². The fourth-order valence-electron chi connectivity index (χ4n) is 1.57. The SMILES string of the molecule is CCCc1nc(Cl)cc2c1ncn2C. The minimum absolute atomic E-state index is 0.546. The molecule has 3 nitrogen and oxygen atoms in total. The van der Waals surface area contributed by atoms with Crippen molar-refractivity contribution in [3.8, 4) is 0 Å². The van der Waals surface area contributed by atoms with Crippen LogP contribution in [0.2, 0.25) is 5.15 Å². The van der Waals surface area contributed by atoms with Crippen LogP contribution >= 0.6 is 11.6 Å². The van der Waals surface area contributed by atoms with Crippen molar-refractivity contribution >= 4 is 22.6 Å². The summed E-state index contributed by atoms with van der Waals surface area (Å²) in [6, 6.07) is 1.85. The number of rotatable bonds is 2. The van der Waals surface area contributed by atoms with Gasteiger partial charge in [0.25, 0.3) is 0 Å². The van der Waals surface area contributed by atoms with Gasteiger partial charge < -0.3 is 4.57 Å². The van der Waals surface area contributed by atoms with Crippen molar-refractivity contribution in [1.82, 2.24) is 14.5 Å². The van der Waals surface area contributed by atoms with Gasteiger partial charge in [0.1, 0.15) is 10.7 Å². The molecule has 0 unspecified atom stereocenters. The summed E-state index contributed by atoms with van der Waals surface area (Å²) in [6.45, 7) is 2.12. The van der Waals surface area contributed by atoms with Crippen LogP contribution in [-0.4, -0.2) is 14.5 Å². The lowest BCUT2D eigenvalue weighted by atomic mass is 10.2. The summed E-state index contributed by atoms with van der Waals surface area (Å²) in [5, 5.41) is 0.546. The fourth-order valence-corrected chi connectivity index (χ4v) is 1.78. The zero-order chi connectivity index (χ0) is 10.1. The first-order chi connectivity index (χ1) is 6.72. The average Bonchev–Trinajstić information content (AvgIpc) is 2.49. The first kappa shape index (κ1) is 9.46. The number of imidazole rings is 1. The van der Waals surface area contributed by atoms with Crippen molar-refractivity contribution in [2.45, 2.75) is 19.8 Å². The van der Waals surface area contributed by atoms with E-state index in [0.717, 1.165) is 29.6 Å². The van der Waals surface area contributed by atoms with E-state index in [-0.39, 0.29) is 0 Å². The minimum atomic E-state index is 0.546. The molecule has 2 aromatic heterocycles. The first-order valence-corrected chi connectivity index (χ1v) is 5.06. The van der Waals surface area contributed by atoms with E-state index in [0.29, 0.717) is 5.15 Å². The first-order valence-electron chi connectivity index (χ1n) is 4.69. The number of hydrogen-bond acceptors (Lipinski definition) is 2. The van der Waals surface area contributed by atoms with E-state index in [1.165, 1.54) is 0 Å². The predicted octanol–water partition coefficient (Wildman–Crippen LogP) is 2.57. The smallest absolute Gasteiger partial charge is 0.131 e. The van der Waals surface area contributed by atoms with Gasteiger partial charge in [0.2, 0.25) is 0 Å². The number of aromatic nitrogens is 3. The molecule has 0 aromatic carbocycles. The van der Waals surface area contributed by atoms with Crippen LogP contribution in [0.1, 0.15) is 19.0 Å². The summed E-state index contributed by atoms with van der Waals surface area (Å²) in [5.41, 5.74) is 3.02. The van der Waals surface area contributed by atoms with Crippen LogP contribution in [0.3, 0.4) is 0 Å². The van der Waals surface area contributed by atoms with E-state index in [4.69, 9.17) is 11.6 Å². The Labute approximate surface area is 87.7 Å². The topological polar surface area (TPSA) is 30.7 Å². The predicted molar refractivity (Wildman–Crippen MR) is 57.5 cm³/mol. The van der Waals surface area contributed by atoms with Gasteiger partial charge in [-0.15, -0.1) is 0 Å². The van der Waals surface area contributed by atoms with Gasteiger partial charge in [0, 0.05) is 13.1 Å². The van der Waals surface area contributed by atoms with E-state index < -0.39 is 0 Å². The summed E-state index contributed by atoms with van der Waals surface area (Å²) in [6.07, 6.45) is 3.77. The van der Waals surface area contributed by atoms with Crippen molar-refractivity contribution in [3.05, 3.63) is 23.2 Å². The molecular formula is C10H12ClN3. The molecular weight excluding hydrogens is 198 g/mol. The quantitative estimate of drug-likeness (QED) is 0.712. The maximum Gasteiger partial charge on any atom is 0.131 e. The summed E-state index contributed by atoms with van der Waals surface area (Å²) < 4.78 is 1.96. The number of aryl methyl sites for hydroxylation is 2. The van der Waals surface area contributed by atoms with E-state index in [9.17, 15) is 0 Å². The normalized spacial score (nSPS) is 11.1. The number of hydrogen-bond donors (Lipinski definition) is 0. The van der Waals surface area contributed by atoms with Crippen LogP contribution in [0.4, 0.5) is 0 Å². The number of nitrogens with zero attached hydrogens (tertiary/aromatic N) is 3. The molecule has 0 fully saturated rings. The minimum Gasteiger partial charge on any atom is -0.334 e. The zero-order valence-electron chi connectivity index (χ0n) is 8.29. The highest BCUT2D eigenvalue weighted by molar-refractivity contribution is 6.30. The Morgan fingerprint density at radius 3 is 3.00 bits per heavy atom. The number of pyridine rings is 1. The lowest BCUT2D eigenvalue weighted by Gasteiger charge is -2.01. The van der Waals surface area contributed by atoms with Gasteiger partial charge in [-0.05, 0) is 6.42 Å². The van der Waals surface area contributed by atoms with Gasteiger partial charge in [-0.25, -0.2) is 9.97 Å². The monoisotopic (exact) mass is 209 g/mol. The second-order valence-electron chi connectivity index (χ2n) is 3.36. The molecule has 0 bridgehead atoms. The number of halogens is 1. The average molecular weight is 210 g/mol. The van der Waals surface area contributed by atoms with Crippen LogP contribution in [0.5, 0.6) is 0 Å². The van der Waals surface area contributed by atoms with Crippen molar-refractivity contribution < 1.29 is 0 Å². The van der Waals surface area contributed by atoms with Gasteiger partial charge in [-0.1, -0.05) is 24.9 Å². The van der Waals surface area contributed by atoms with Gasteiger partial charge in [-0.3, -0.25) is 0 Å². The Bertz CT molecular complexity index is 462. The molecule has 0 atom stereocenters. The molecule has 0 aliphatic rings. The van der Waals surface area contributed by atoms with Crippen LogP contribution < -0.4 is 0 Å². The van der Waals surface area contributed by atoms with Crippen molar-refractivity contribution in [1.29, 1.82) is 0 Å². The maximum absolute atomic E-state index is 5.94. The maximum atomic E-state index is 5.94. The van der Waals surface area contributed by atoms with E-state index in [2.05, 4.69) is 16.9 Å². The number of fused-ring (bicyclic) bond motifs is 1. The third-order valence-electron chi connectivity index (χ3n) is 2.24. The van der Waals surface area contributed by atoms with Crippen molar-refractivity contribution in [2.24, 2.45) is 7.05 Å². The van der Waals surface area contributed by atoms with Gasteiger partial charge >= 0.3 is 0 Å². The van der Waals surface area contributed by atoms with Crippen LogP contribution in [-0.2, 0) is 13.5 Å². The Morgan fingerprint density at radius 2 is 2.29 bits per heavy atom. The van der Waals surface area contributed by atoms with E-state index in [1.54, 1.807) is 6.33 Å². The molecule has 0 aliphatic heterocycles. The van der Waals surface area contributed by atoms with Crippen LogP contribution in [0.15, 0.2) is 12.4 Å². The molecule has 2 rings (SSSR count). The molecule has 4 heteroatoms. The zero-order valence-corrected chi connectivity index (χ0v) is 9.04. The summed E-state index contributed by atoms with van der Waals surface area (Å²) in [5.74, 6) is 0. The lowest BCUT2D eigenvalue weighted by Crippen LogP contribution is -1.93. The molecule has 0 saturated heterocycles. The van der Waals surface area contributed by atoms with Crippen LogP contribution in [0, 0.1) is 0 Å². The molecule has 74 valence electrons. The van der Waals surface area contributed by atoms with Gasteiger partial charge in [-0.2, -0.15) is 0 Å². The Hall–Kier alpha value is -1.09. The van der Waals surface area contributed by atoms with Gasteiger partial charge in [0.05, 0.1) is 17.5 Å². The standard InChI is InChI=1S/C10H12ClN3/c1-3-4-7-10-8(5-9(11)13-7)14(2)6-12-10/h5-6H,3-4H2,1-2H3. The molecule has 2 aromatic rings. The molecule has 0 amide bonds. The third-order valence-corrected chi connectivity index (χ3v) is 2.43. The molecule has 0 aliphatic carbocycles. The highest BCUT2D eigenvalue weighted by atomic mass is 35.5. The lowest BCUT2D eigenvalue weighted by molar-refractivity contribution is 0.890. The molecule has 0 saturated carbocycles. The second kappa shape index (κ2) is 3.58. The van der Waals surface area contributed by atoms with E-state index in [1.807, 2.05) is 17.7 Å². The fraction of sp³-hybridized carbons (Fsp3) is 0.400.